The summed E-state index contributed by atoms with van der Waals surface area (Å²) in [6.07, 6.45) is 11.2. The Labute approximate surface area is 218 Å². The van der Waals surface area contributed by atoms with Gasteiger partial charge in [-0.25, -0.2) is 0 Å². The number of halogens is 1. The van der Waals surface area contributed by atoms with E-state index < -0.39 is 5.60 Å². The maximum atomic E-state index is 7.14. The first-order valence-corrected chi connectivity index (χ1v) is 12.2. The number of benzene rings is 3. The molecule has 0 saturated heterocycles. The van der Waals surface area contributed by atoms with Crippen LogP contribution in [0.25, 0.3) is 0 Å². The molecule has 0 spiro atoms. The summed E-state index contributed by atoms with van der Waals surface area (Å²) in [7, 11) is 0. The Balaban J connectivity index is 0.00000289. The molecule has 0 amide bonds. The standard InChI is InChI=1S/C29H28IO.Li/c30-22-21-28(23-24-13-5-1-6-14-24)31-29(25-15-7-2-8-16-25,26-17-9-3-10-18-26)27-19-11-4-12-20-27;/h1-5,7-12,15-22,24H,6,13-14,23H2;/q-1;+1. The van der Waals surface area contributed by atoms with Gasteiger partial charge < -0.3 is 4.74 Å². The minimum Gasteiger partial charge on any atom is -0.567 e. The Morgan fingerprint density at radius 1 is 0.844 bits per heavy atom. The van der Waals surface area contributed by atoms with Crippen molar-refractivity contribution in [2.24, 2.45) is 5.92 Å². The van der Waals surface area contributed by atoms with Crippen molar-refractivity contribution in [1.29, 1.82) is 0 Å². The van der Waals surface area contributed by atoms with Crippen molar-refractivity contribution in [3.05, 3.63) is 136 Å². The third-order valence-electron chi connectivity index (χ3n) is 5.94. The van der Waals surface area contributed by atoms with Crippen molar-refractivity contribution in [3.8, 4) is 0 Å². The zero-order chi connectivity index (χ0) is 21.4. The molecule has 0 saturated carbocycles. The van der Waals surface area contributed by atoms with E-state index >= 15 is 0 Å². The molecule has 4 rings (SSSR count). The maximum absolute atomic E-state index is 7.14. The normalized spacial score (nSPS) is 16.2. The van der Waals surface area contributed by atoms with Gasteiger partial charge in [-0.05, 0) is 25.2 Å². The van der Waals surface area contributed by atoms with Gasteiger partial charge in [0, 0.05) is 16.7 Å². The fraction of sp³-hybridized carbons (Fsp3) is 0.207. The van der Waals surface area contributed by atoms with Gasteiger partial charge in [0.05, 0.1) is 0 Å². The largest absolute Gasteiger partial charge is 1.00 e. The summed E-state index contributed by atoms with van der Waals surface area (Å²) >= 11 is 2.30. The first-order valence-electron chi connectivity index (χ1n) is 11.0. The van der Waals surface area contributed by atoms with Gasteiger partial charge in [0.1, 0.15) is 0 Å². The summed E-state index contributed by atoms with van der Waals surface area (Å²) in [6, 6.07) is 31.8. The Bertz CT molecular complexity index is 902. The molecule has 3 aromatic carbocycles. The van der Waals surface area contributed by atoms with Crippen molar-refractivity contribution in [2.45, 2.75) is 31.3 Å². The molecule has 3 aromatic rings. The summed E-state index contributed by atoms with van der Waals surface area (Å²) in [6.45, 7) is 0. The Morgan fingerprint density at radius 2 is 1.34 bits per heavy atom. The van der Waals surface area contributed by atoms with Gasteiger partial charge in [0.15, 0.2) is 5.60 Å². The zero-order valence-electron chi connectivity index (χ0n) is 18.7. The molecule has 0 N–H and O–H groups in total. The molecule has 158 valence electrons. The molecule has 0 aliphatic heterocycles. The second-order valence-corrected chi connectivity index (χ2v) is 8.71. The minimum absolute atomic E-state index is 0. The van der Waals surface area contributed by atoms with Gasteiger partial charge in [0.25, 0.3) is 0 Å². The van der Waals surface area contributed by atoms with Crippen LogP contribution in [0.15, 0.2) is 115 Å². The van der Waals surface area contributed by atoms with Crippen LogP contribution in [0.3, 0.4) is 0 Å². The third kappa shape index (κ3) is 5.73. The van der Waals surface area contributed by atoms with Crippen molar-refractivity contribution < 1.29 is 23.6 Å². The molecule has 0 bridgehead atoms. The molecule has 32 heavy (non-hydrogen) atoms. The quantitative estimate of drug-likeness (QED) is 0.0977. The molecule has 1 atom stereocenters. The molecule has 1 aliphatic carbocycles. The number of rotatable bonds is 8. The first kappa shape index (κ1) is 24.8. The molecule has 3 heteroatoms. The van der Waals surface area contributed by atoms with E-state index in [1.807, 2.05) is 0 Å². The molecule has 0 aromatic heterocycles. The van der Waals surface area contributed by atoms with Crippen LogP contribution < -0.4 is 18.9 Å². The third-order valence-corrected chi connectivity index (χ3v) is 6.30. The van der Waals surface area contributed by atoms with Gasteiger partial charge in [-0.1, -0.05) is 115 Å². The molecule has 0 heterocycles. The predicted molar refractivity (Wildman–Crippen MR) is 138 cm³/mol. The van der Waals surface area contributed by atoms with Crippen molar-refractivity contribution in [2.75, 3.05) is 0 Å². The number of ether oxygens (including phenoxy) is 1. The number of hydrogen-bond donors (Lipinski definition) is 0. The van der Waals surface area contributed by atoms with Gasteiger partial charge in [-0.15, -0.1) is 0 Å². The van der Waals surface area contributed by atoms with Crippen LogP contribution in [0.2, 0.25) is 0 Å². The molecule has 1 unspecified atom stereocenters. The molecule has 0 fully saturated rings. The summed E-state index contributed by atoms with van der Waals surface area (Å²) in [5, 5.41) is 0. The van der Waals surface area contributed by atoms with Crippen molar-refractivity contribution >= 4 is 22.6 Å². The van der Waals surface area contributed by atoms with E-state index in [-0.39, 0.29) is 18.9 Å². The summed E-state index contributed by atoms with van der Waals surface area (Å²) in [5.74, 6) is 1.65. The van der Waals surface area contributed by atoms with Crippen LogP contribution in [-0.4, -0.2) is 0 Å². The second-order valence-electron chi connectivity index (χ2n) is 7.99. The number of hydrogen-bond acceptors (Lipinski definition) is 1. The summed E-state index contributed by atoms with van der Waals surface area (Å²) in [4.78, 5) is 0. The van der Waals surface area contributed by atoms with E-state index in [1.54, 1.807) is 0 Å². The Kier molecular flexibility index (Phi) is 9.60. The SMILES string of the molecule is I[CH-]C=C(CC1CC=CCC1)OC(c1ccccc1)(c1ccccc1)c1ccccc1.[Li+]. The van der Waals surface area contributed by atoms with Crippen LogP contribution in [0.1, 0.15) is 42.4 Å². The van der Waals surface area contributed by atoms with E-state index in [1.165, 1.54) is 6.42 Å². The molecule has 1 nitrogen and oxygen atoms in total. The van der Waals surface area contributed by atoms with Gasteiger partial charge in [-0.2, -0.15) is 33.1 Å². The van der Waals surface area contributed by atoms with Crippen LogP contribution in [-0.2, 0) is 10.3 Å². The van der Waals surface area contributed by atoms with E-state index in [9.17, 15) is 0 Å². The monoisotopic (exact) mass is 526 g/mol. The average Bonchev–Trinajstić information content (AvgIpc) is 2.85. The van der Waals surface area contributed by atoms with Crippen LogP contribution in [0.5, 0.6) is 0 Å². The second kappa shape index (κ2) is 12.4. The molecule has 0 radical (unpaired) electrons. The zero-order valence-corrected chi connectivity index (χ0v) is 20.8. The topological polar surface area (TPSA) is 9.23 Å². The van der Waals surface area contributed by atoms with Crippen LogP contribution >= 0.6 is 22.6 Å². The van der Waals surface area contributed by atoms with E-state index in [0.29, 0.717) is 5.92 Å². The molecular formula is C29H28ILiO. The van der Waals surface area contributed by atoms with Gasteiger partial charge in [-0.3, -0.25) is 0 Å². The number of allylic oxidation sites excluding steroid dienone is 4. The fourth-order valence-electron chi connectivity index (χ4n) is 4.43. The average molecular weight is 526 g/mol. The molecular weight excluding hydrogens is 498 g/mol. The Hall–Kier alpha value is -1.86. The van der Waals surface area contributed by atoms with Gasteiger partial charge >= 0.3 is 18.9 Å². The predicted octanol–water partition coefficient (Wildman–Crippen LogP) is 5.23. The Morgan fingerprint density at radius 3 is 1.75 bits per heavy atom. The van der Waals surface area contributed by atoms with E-state index in [4.69, 9.17) is 4.74 Å². The summed E-state index contributed by atoms with van der Waals surface area (Å²) in [5.41, 5.74) is 2.70. The smallest absolute Gasteiger partial charge is 0.567 e. The van der Waals surface area contributed by atoms with Crippen LogP contribution in [0, 0.1) is 10.3 Å². The van der Waals surface area contributed by atoms with E-state index in [2.05, 4.69) is 136 Å². The van der Waals surface area contributed by atoms with Gasteiger partial charge in [0.2, 0.25) is 0 Å². The van der Waals surface area contributed by atoms with Crippen LogP contribution in [0.4, 0.5) is 0 Å². The van der Waals surface area contributed by atoms with Crippen molar-refractivity contribution in [3.63, 3.8) is 0 Å². The van der Waals surface area contributed by atoms with Crippen molar-refractivity contribution in [1.82, 2.24) is 0 Å². The fourth-order valence-corrected chi connectivity index (χ4v) is 4.83. The maximum Gasteiger partial charge on any atom is 1.00 e. The summed E-state index contributed by atoms with van der Waals surface area (Å²) < 4.78 is 9.21. The molecule has 1 aliphatic rings. The van der Waals surface area contributed by atoms with E-state index in [0.717, 1.165) is 41.7 Å². The first-order chi connectivity index (χ1) is 15.3. The minimum atomic E-state index is -0.709.